The third kappa shape index (κ3) is 3.96. The van der Waals surface area contributed by atoms with Gasteiger partial charge in [0.1, 0.15) is 11.3 Å². The first-order valence-electron chi connectivity index (χ1n) is 10.9. The Morgan fingerprint density at radius 1 is 1.15 bits per heavy atom. The van der Waals surface area contributed by atoms with Crippen LogP contribution in [0.2, 0.25) is 5.02 Å². The second kappa shape index (κ2) is 8.65. The highest BCUT2D eigenvalue weighted by Gasteiger charge is 2.37. The second-order valence-corrected chi connectivity index (χ2v) is 9.21. The minimum Gasteiger partial charge on any atom is -0.496 e. The van der Waals surface area contributed by atoms with Crippen LogP contribution in [0.3, 0.4) is 0 Å². The first-order chi connectivity index (χ1) is 16.1. The number of urea groups is 1. The number of hydrogen-bond acceptors (Lipinski definition) is 5. The van der Waals surface area contributed by atoms with Crippen molar-refractivity contribution in [3.8, 4) is 5.75 Å². The number of nitrogens with one attached hydrogen (secondary N) is 1. The lowest BCUT2D eigenvalue weighted by Crippen LogP contribution is -2.54. The van der Waals surface area contributed by atoms with Gasteiger partial charge in [0.15, 0.2) is 0 Å². The number of benzene rings is 2. The van der Waals surface area contributed by atoms with Gasteiger partial charge in [-0.2, -0.15) is 0 Å². The molecule has 176 valence electrons. The van der Waals surface area contributed by atoms with Crippen molar-refractivity contribution in [2.45, 2.75) is 33.2 Å². The Morgan fingerprint density at radius 2 is 1.88 bits per heavy atom. The van der Waals surface area contributed by atoms with Gasteiger partial charge in [0.05, 0.1) is 18.3 Å². The standard InChI is InChI=1S/C26H26ClN3O4/c1-6-29-21-13-22(34-5)16(10-19(21)15(2)14-26(29,3)4)11-20-23(31)28-25(33)30(24(20)32)18-9-7-8-17(27)12-18/h7-14H,6H2,1-5H3,(H,28,31,33)/b20-11-. The molecule has 4 amide bonds. The van der Waals surface area contributed by atoms with Gasteiger partial charge in [-0.05, 0) is 63.6 Å². The third-order valence-corrected chi connectivity index (χ3v) is 6.35. The van der Waals surface area contributed by atoms with E-state index in [9.17, 15) is 14.4 Å². The number of halogens is 1. The highest BCUT2D eigenvalue weighted by molar-refractivity contribution is 6.39. The Kier molecular flexibility index (Phi) is 6.00. The average molecular weight is 480 g/mol. The van der Waals surface area contributed by atoms with E-state index in [-0.39, 0.29) is 16.8 Å². The molecular formula is C26H26ClN3O4. The Morgan fingerprint density at radius 3 is 2.53 bits per heavy atom. The van der Waals surface area contributed by atoms with Crippen LogP contribution in [0.5, 0.6) is 5.75 Å². The van der Waals surface area contributed by atoms with E-state index >= 15 is 0 Å². The normalized spacial score (nSPS) is 18.6. The molecule has 2 aromatic rings. The third-order valence-electron chi connectivity index (χ3n) is 6.11. The molecule has 0 spiro atoms. The summed E-state index contributed by atoms with van der Waals surface area (Å²) in [6.07, 6.45) is 3.66. The molecule has 2 heterocycles. The summed E-state index contributed by atoms with van der Waals surface area (Å²) in [4.78, 5) is 41.6. The lowest BCUT2D eigenvalue weighted by Gasteiger charge is -2.43. The van der Waals surface area contributed by atoms with Gasteiger partial charge in [-0.1, -0.05) is 23.7 Å². The van der Waals surface area contributed by atoms with Crippen molar-refractivity contribution in [2.75, 3.05) is 23.5 Å². The van der Waals surface area contributed by atoms with E-state index in [1.165, 1.54) is 12.1 Å². The van der Waals surface area contributed by atoms with Crippen LogP contribution in [0.15, 0.2) is 48.0 Å². The Bertz CT molecular complexity index is 1280. The number of allylic oxidation sites excluding steroid dienone is 1. The number of fused-ring (bicyclic) bond motifs is 1. The summed E-state index contributed by atoms with van der Waals surface area (Å²) in [5.74, 6) is -0.988. The van der Waals surface area contributed by atoms with E-state index in [1.807, 2.05) is 19.1 Å². The number of ether oxygens (including phenoxy) is 1. The summed E-state index contributed by atoms with van der Waals surface area (Å²) < 4.78 is 5.64. The SMILES string of the molecule is CCN1c2cc(OC)c(/C=C3/C(=O)NC(=O)N(c4cccc(Cl)c4)C3=O)cc2C(C)=CC1(C)C. The highest BCUT2D eigenvalue weighted by Crippen LogP contribution is 2.42. The molecule has 7 nitrogen and oxygen atoms in total. The molecule has 0 unspecified atom stereocenters. The van der Waals surface area contributed by atoms with E-state index in [2.05, 4.69) is 37.1 Å². The average Bonchev–Trinajstić information content (AvgIpc) is 2.76. The van der Waals surface area contributed by atoms with E-state index < -0.39 is 17.8 Å². The molecule has 2 aromatic carbocycles. The van der Waals surface area contributed by atoms with E-state index in [1.54, 1.807) is 25.3 Å². The van der Waals surface area contributed by atoms with Crippen LogP contribution in [0, 0.1) is 0 Å². The molecule has 1 N–H and O–H groups in total. The van der Waals surface area contributed by atoms with Crippen molar-refractivity contribution in [3.63, 3.8) is 0 Å². The van der Waals surface area contributed by atoms with Crippen LogP contribution < -0.4 is 19.9 Å². The van der Waals surface area contributed by atoms with Gasteiger partial charge < -0.3 is 9.64 Å². The van der Waals surface area contributed by atoms with Gasteiger partial charge in [-0.3, -0.25) is 14.9 Å². The highest BCUT2D eigenvalue weighted by atomic mass is 35.5. The predicted octanol–water partition coefficient (Wildman–Crippen LogP) is 5.04. The van der Waals surface area contributed by atoms with Gasteiger partial charge in [-0.25, -0.2) is 9.69 Å². The largest absolute Gasteiger partial charge is 0.496 e. The Hall–Kier alpha value is -3.58. The number of nitrogens with zero attached hydrogens (tertiary/aromatic N) is 2. The molecule has 0 aromatic heterocycles. The van der Waals surface area contributed by atoms with E-state index in [0.717, 1.165) is 28.3 Å². The van der Waals surface area contributed by atoms with Crippen molar-refractivity contribution < 1.29 is 19.1 Å². The summed E-state index contributed by atoms with van der Waals surface area (Å²) in [6.45, 7) is 9.23. The monoisotopic (exact) mass is 479 g/mol. The van der Waals surface area contributed by atoms with Gasteiger partial charge in [0, 0.05) is 34.4 Å². The van der Waals surface area contributed by atoms with Gasteiger partial charge in [0.25, 0.3) is 11.8 Å². The van der Waals surface area contributed by atoms with Crippen LogP contribution in [-0.4, -0.2) is 37.0 Å². The molecule has 1 fully saturated rings. The topological polar surface area (TPSA) is 79.0 Å². The minimum absolute atomic E-state index is 0.173. The molecule has 0 atom stereocenters. The molecular weight excluding hydrogens is 454 g/mol. The quantitative estimate of drug-likeness (QED) is 0.491. The molecule has 0 bridgehead atoms. The van der Waals surface area contributed by atoms with Crippen molar-refractivity contribution in [1.82, 2.24) is 5.32 Å². The van der Waals surface area contributed by atoms with Crippen LogP contribution in [0.1, 0.15) is 38.8 Å². The number of barbiturate groups is 1. The van der Waals surface area contributed by atoms with E-state index in [0.29, 0.717) is 16.3 Å². The number of hydrogen-bond donors (Lipinski definition) is 1. The smallest absolute Gasteiger partial charge is 0.335 e. The van der Waals surface area contributed by atoms with Crippen molar-refractivity contribution >= 4 is 52.5 Å². The fraction of sp³-hybridized carbons (Fsp3) is 0.269. The maximum atomic E-state index is 13.3. The summed E-state index contributed by atoms with van der Waals surface area (Å²) in [6, 6.07) is 9.33. The molecule has 4 rings (SSSR count). The van der Waals surface area contributed by atoms with Crippen LogP contribution in [-0.2, 0) is 9.59 Å². The number of imide groups is 2. The predicted molar refractivity (Wildman–Crippen MR) is 134 cm³/mol. The Balaban J connectivity index is 1.83. The van der Waals surface area contributed by atoms with Crippen LogP contribution in [0.25, 0.3) is 11.6 Å². The first-order valence-corrected chi connectivity index (χ1v) is 11.3. The number of methoxy groups -OCH3 is 1. The molecule has 34 heavy (non-hydrogen) atoms. The van der Waals surface area contributed by atoms with Gasteiger partial charge in [0.2, 0.25) is 0 Å². The zero-order chi connectivity index (χ0) is 24.8. The number of amides is 4. The molecule has 1 saturated heterocycles. The fourth-order valence-electron chi connectivity index (χ4n) is 4.65. The zero-order valence-electron chi connectivity index (χ0n) is 19.7. The van der Waals surface area contributed by atoms with Crippen LogP contribution in [0.4, 0.5) is 16.2 Å². The molecule has 0 aliphatic carbocycles. The summed E-state index contributed by atoms with van der Waals surface area (Å²) >= 11 is 6.04. The zero-order valence-corrected chi connectivity index (χ0v) is 20.5. The molecule has 0 saturated carbocycles. The van der Waals surface area contributed by atoms with Crippen LogP contribution >= 0.6 is 11.6 Å². The maximum Gasteiger partial charge on any atom is 0.335 e. The van der Waals surface area contributed by atoms with Crippen molar-refractivity contribution in [2.24, 2.45) is 0 Å². The first kappa shape index (κ1) is 23.6. The minimum atomic E-state index is -0.827. The summed E-state index contributed by atoms with van der Waals surface area (Å²) in [5, 5.41) is 2.60. The lowest BCUT2D eigenvalue weighted by atomic mass is 9.87. The second-order valence-electron chi connectivity index (χ2n) is 8.77. The Labute approximate surface area is 203 Å². The lowest BCUT2D eigenvalue weighted by molar-refractivity contribution is -0.122. The number of likely N-dealkylation sites (N-methyl/N-ethyl adjacent to an activating group) is 1. The van der Waals surface area contributed by atoms with Gasteiger partial charge >= 0.3 is 6.03 Å². The molecule has 2 aliphatic heterocycles. The number of anilines is 2. The van der Waals surface area contributed by atoms with Gasteiger partial charge in [-0.15, -0.1) is 0 Å². The number of carbonyl (C=O) groups excluding carboxylic acids is 3. The van der Waals surface area contributed by atoms with E-state index in [4.69, 9.17) is 16.3 Å². The molecule has 2 aliphatic rings. The fourth-order valence-corrected chi connectivity index (χ4v) is 4.84. The summed E-state index contributed by atoms with van der Waals surface area (Å²) in [5.41, 5.74) is 3.56. The summed E-state index contributed by atoms with van der Waals surface area (Å²) in [7, 11) is 1.54. The number of rotatable bonds is 4. The van der Waals surface area contributed by atoms with Crippen molar-refractivity contribution in [3.05, 3.63) is 64.2 Å². The van der Waals surface area contributed by atoms with Crippen molar-refractivity contribution in [1.29, 1.82) is 0 Å². The molecule has 0 radical (unpaired) electrons. The maximum absolute atomic E-state index is 13.3. The number of carbonyl (C=O) groups is 3. The molecule has 8 heteroatoms.